The Balaban J connectivity index is 2.19. The Kier molecular flexibility index (Phi) is 5.82. The van der Waals surface area contributed by atoms with E-state index in [0.717, 1.165) is 30.5 Å². The molecule has 0 aliphatic heterocycles. The normalized spacial score (nSPS) is 11.4. The predicted octanol–water partition coefficient (Wildman–Crippen LogP) is 6.13. The molecule has 0 heterocycles. The number of carbonyl (C=O) groups is 1. The number of hydrogen-bond donors (Lipinski definition) is 1. The van der Waals surface area contributed by atoms with Gasteiger partial charge in [0.05, 0.1) is 0 Å². The molecule has 0 aromatic heterocycles. The Morgan fingerprint density at radius 2 is 1.75 bits per heavy atom. The highest BCUT2D eigenvalue weighted by Gasteiger charge is 2.27. The van der Waals surface area contributed by atoms with Gasteiger partial charge in [-0.1, -0.05) is 63.9 Å². The monoisotopic (exact) mass is 323 g/mol. The molecule has 0 atom stereocenters. The third kappa shape index (κ3) is 4.25. The number of amides is 1. The summed E-state index contributed by atoms with van der Waals surface area (Å²) in [5.41, 5.74) is 5.35. The average molecular weight is 323 g/mol. The van der Waals surface area contributed by atoms with E-state index in [1.54, 1.807) is 0 Å². The Morgan fingerprint density at radius 1 is 1.04 bits per heavy atom. The second-order valence-electron chi connectivity index (χ2n) is 7.29. The smallest absolute Gasteiger partial charge is 0.230 e. The van der Waals surface area contributed by atoms with Gasteiger partial charge in [0.25, 0.3) is 0 Å². The third-order valence-electron chi connectivity index (χ3n) is 4.70. The molecule has 0 unspecified atom stereocenters. The van der Waals surface area contributed by atoms with Gasteiger partial charge in [0.1, 0.15) is 0 Å². The van der Waals surface area contributed by atoms with Crippen LogP contribution in [0.2, 0.25) is 0 Å². The number of unbranched alkanes of at least 4 members (excludes halogenated alkanes) is 1. The van der Waals surface area contributed by atoms with E-state index in [9.17, 15) is 4.79 Å². The highest BCUT2D eigenvalue weighted by molar-refractivity contribution is 5.95. The molecular weight excluding hydrogens is 294 g/mol. The quantitative estimate of drug-likeness (QED) is 0.681. The number of carbonyl (C=O) groups excluding carboxylic acids is 1. The molecule has 0 bridgehead atoms. The molecule has 2 aromatic carbocycles. The molecule has 1 amide bonds. The number of rotatable bonds is 6. The standard InChI is InChI=1S/C22H29NO/c1-6-7-14-22(4,5)21(24)23-20-13-12-18(15-17(20)3)19-11-9-8-10-16(19)2/h8-13,15H,6-7,14H2,1-5H3,(H,23,24). The molecule has 0 saturated heterocycles. The van der Waals surface area contributed by atoms with Crippen LogP contribution in [-0.4, -0.2) is 5.91 Å². The molecule has 2 heteroatoms. The minimum absolute atomic E-state index is 0.0997. The second-order valence-corrected chi connectivity index (χ2v) is 7.29. The zero-order valence-electron chi connectivity index (χ0n) is 15.6. The maximum Gasteiger partial charge on any atom is 0.230 e. The molecule has 0 saturated carbocycles. The summed E-state index contributed by atoms with van der Waals surface area (Å²) < 4.78 is 0. The summed E-state index contributed by atoms with van der Waals surface area (Å²) in [6.45, 7) is 10.4. The van der Waals surface area contributed by atoms with Crippen molar-refractivity contribution in [2.75, 3.05) is 5.32 Å². The fourth-order valence-corrected chi connectivity index (χ4v) is 2.89. The minimum Gasteiger partial charge on any atom is -0.325 e. The van der Waals surface area contributed by atoms with Crippen LogP contribution in [0.25, 0.3) is 11.1 Å². The first-order valence-corrected chi connectivity index (χ1v) is 8.83. The van der Waals surface area contributed by atoms with Crippen LogP contribution in [0.3, 0.4) is 0 Å². The van der Waals surface area contributed by atoms with Crippen LogP contribution in [-0.2, 0) is 4.79 Å². The summed E-state index contributed by atoms with van der Waals surface area (Å²) >= 11 is 0. The van der Waals surface area contributed by atoms with Crippen LogP contribution >= 0.6 is 0 Å². The zero-order chi connectivity index (χ0) is 17.7. The molecule has 128 valence electrons. The molecule has 24 heavy (non-hydrogen) atoms. The van der Waals surface area contributed by atoms with Crippen LogP contribution in [0, 0.1) is 19.3 Å². The van der Waals surface area contributed by atoms with Crippen molar-refractivity contribution in [1.29, 1.82) is 0 Å². The highest BCUT2D eigenvalue weighted by atomic mass is 16.2. The van der Waals surface area contributed by atoms with E-state index >= 15 is 0 Å². The molecule has 0 aliphatic rings. The van der Waals surface area contributed by atoms with Gasteiger partial charge in [0, 0.05) is 11.1 Å². The van der Waals surface area contributed by atoms with Crippen LogP contribution in [0.5, 0.6) is 0 Å². The second kappa shape index (κ2) is 7.65. The molecule has 0 fully saturated rings. The maximum atomic E-state index is 12.6. The molecule has 2 rings (SSSR count). The Labute approximate surface area is 146 Å². The van der Waals surface area contributed by atoms with Crippen molar-refractivity contribution in [1.82, 2.24) is 0 Å². The molecule has 0 aliphatic carbocycles. The van der Waals surface area contributed by atoms with Gasteiger partial charge in [0.2, 0.25) is 5.91 Å². The predicted molar refractivity (Wildman–Crippen MR) is 103 cm³/mol. The Morgan fingerprint density at radius 3 is 2.38 bits per heavy atom. The van der Waals surface area contributed by atoms with Crippen LogP contribution < -0.4 is 5.32 Å². The minimum atomic E-state index is -0.336. The van der Waals surface area contributed by atoms with E-state index in [0.29, 0.717) is 0 Å². The Hall–Kier alpha value is -2.09. The van der Waals surface area contributed by atoms with Crippen molar-refractivity contribution in [3.63, 3.8) is 0 Å². The summed E-state index contributed by atoms with van der Waals surface area (Å²) in [5.74, 6) is 0.0997. The van der Waals surface area contributed by atoms with E-state index in [1.807, 2.05) is 19.9 Å². The first-order chi connectivity index (χ1) is 11.3. The van der Waals surface area contributed by atoms with Crippen molar-refractivity contribution in [2.24, 2.45) is 5.41 Å². The number of benzene rings is 2. The van der Waals surface area contributed by atoms with Crippen molar-refractivity contribution in [3.05, 3.63) is 53.6 Å². The molecule has 1 N–H and O–H groups in total. The van der Waals surface area contributed by atoms with Crippen molar-refractivity contribution >= 4 is 11.6 Å². The van der Waals surface area contributed by atoms with Gasteiger partial charge in [-0.2, -0.15) is 0 Å². The lowest BCUT2D eigenvalue weighted by Gasteiger charge is -2.24. The largest absolute Gasteiger partial charge is 0.325 e. The van der Waals surface area contributed by atoms with Gasteiger partial charge in [-0.15, -0.1) is 0 Å². The van der Waals surface area contributed by atoms with E-state index in [-0.39, 0.29) is 11.3 Å². The summed E-state index contributed by atoms with van der Waals surface area (Å²) in [5, 5.41) is 3.11. The molecule has 2 aromatic rings. The van der Waals surface area contributed by atoms with E-state index in [1.165, 1.54) is 16.7 Å². The Bertz CT molecular complexity index is 716. The fourth-order valence-electron chi connectivity index (χ4n) is 2.89. The van der Waals surface area contributed by atoms with Crippen LogP contribution in [0.4, 0.5) is 5.69 Å². The first-order valence-electron chi connectivity index (χ1n) is 8.83. The topological polar surface area (TPSA) is 29.1 Å². The van der Waals surface area contributed by atoms with Crippen molar-refractivity contribution < 1.29 is 4.79 Å². The third-order valence-corrected chi connectivity index (χ3v) is 4.70. The van der Waals surface area contributed by atoms with Gasteiger partial charge in [-0.05, 0) is 54.7 Å². The van der Waals surface area contributed by atoms with Crippen molar-refractivity contribution in [3.8, 4) is 11.1 Å². The summed E-state index contributed by atoms with van der Waals surface area (Å²) in [6.07, 6.45) is 3.10. The number of nitrogens with one attached hydrogen (secondary N) is 1. The van der Waals surface area contributed by atoms with Crippen molar-refractivity contribution in [2.45, 2.75) is 53.9 Å². The fraction of sp³-hybridized carbons (Fsp3) is 0.409. The van der Waals surface area contributed by atoms with Crippen LogP contribution in [0.15, 0.2) is 42.5 Å². The SMILES string of the molecule is CCCCC(C)(C)C(=O)Nc1ccc(-c2ccccc2C)cc1C. The lowest BCUT2D eigenvalue weighted by Crippen LogP contribution is -2.30. The summed E-state index contributed by atoms with van der Waals surface area (Å²) in [4.78, 5) is 12.6. The number of hydrogen-bond acceptors (Lipinski definition) is 1. The number of anilines is 1. The van der Waals surface area contributed by atoms with E-state index in [2.05, 4.69) is 62.5 Å². The highest BCUT2D eigenvalue weighted by Crippen LogP contribution is 2.29. The van der Waals surface area contributed by atoms with Gasteiger partial charge in [-0.25, -0.2) is 0 Å². The molecular formula is C22H29NO. The van der Waals surface area contributed by atoms with Gasteiger partial charge >= 0.3 is 0 Å². The van der Waals surface area contributed by atoms with Gasteiger partial charge in [0.15, 0.2) is 0 Å². The average Bonchev–Trinajstić information content (AvgIpc) is 2.55. The molecule has 2 nitrogen and oxygen atoms in total. The van der Waals surface area contributed by atoms with Gasteiger partial charge < -0.3 is 5.32 Å². The zero-order valence-corrected chi connectivity index (χ0v) is 15.6. The van der Waals surface area contributed by atoms with Gasteiger partial charge in [-0.3, -0.25) is 4.79 Å². The summed E-state index contributed by atoms with van der Waals surface area (Å²) in [6, 6.07) is 14.6. The van der Waals surface area contributed by atoms with E-state index in [4.69, 9.17) is 0 Å². The lowest BCUT2D eigenvalue weighted by molar-refractivity contribution is -0.124. The maximum absolute atomic E-state index is 12.6. The number of aryl methyl sites for hydroxylation is 2. The molecule has 0 spiro atoms. The van der Waals surface area contributed by atoms with Crippen LogP contribution in [0.1, 0.15) is 51.2 Å². The van der Waals surface area contributed by atoms with E-state index < -0.39 is 0 Å². The first kappa shape index (κ1) is 18.3. The lowest BCUT2D eigenvalue weighted by atomic mass is 9.86. The molecule has 0 radical (unpaired) electrons. The summed E-state index contributed by atoms with van der Waals surface area (Å²) in [7, 11) is 0.